The van der Waals surface area contributed by atoms with Gasteiger partial charge in [-0.15, -0.1) is 0 Å². The van der Waals surface area contributed by atoms with E-state index in [-0.39, 0.29) is 11.4 Å². The zero-order chi connectivity index (χ0) is 23.8. The summed E-state index contributed by atoms with van der Waals surface area (Å²) in [5, 5.41) is 10.9. The lowest BCUT2D eigenvalue weighted by molar-refractivity contribution is -0.123. The van der Waals surface area contributed by atoms with Gasteiger partial charge in [-0.3, -0.25) is 14.5 Å². The first-order chi connectivity index (χ1) is 15.0. The molecule has 1 aliphatic rings. The first-order valence-corrected chi connectivity index (χ1v) is 10.7. The first kappa shape index (κ1) is 23.4. The minimum atomic E-state index is -0.792. The summed E-state index contributed by atoms with van der Waals surface area (Å²) in [4.78, 5) is 28.3. The molecule has 0 bridgehead atoms. The van der Waals surface area contributed by atoms with Crippen LogP contribution in [0.25, 0.3) is 0 Å². The number of aryl methyl sites for hydroxylation is 2. The Morgan fingerprint density at radius 2 is 1.78 bits per heavy atom. The third kappa shape index (κ3) is 4.09. The number of ketones is 1. The zero-order valence-electron chi connectivity index (χ0n) is 19.8. The molecule has 0 aromatic heterocycles. The SMILES string of the molecule is CCOc1cc(C2C(C(=O)C(C)(C)C)=C(O)C(=O)N2c2cc(C)ccc2C)ccc1OC. The highest BCUT2D eigenvalue weighted by molar-refractivity contribution is 6.17. The molecule has 0 saturated heterocycles. The van der Waals surface area contributed by atoms with E-state index in [0.717, 1.165) is 11.1 Å². The maximum atomic E-state index is 13.4. The quantitative estimate of drug-likeness (QED) is 0.670. The highest BCUT2D eigenvalue weighted by atomic mass is 16.5. The summed E-state index contributed by atoms with van der Waals surface area (Å²) >= 11 is 0. The van der Waals surface area contributed by atoms with E-state index in [1.807, 2.05) is 39.0 Å². The molecule has 6 nitrogen and oxygen atoms in total. The van der Waals surface area contributed by atoms with Crippen molar-refractivity contribution in [2.45, 2.75) is 47.6 Å². The Labute approximate surface area is 189 Å². The van der Waals surface area contributed by atoms with Crippen LogP contribution in [0.3, 0.4) is 0 Å². The lowest BCUT2D eigenvalue weighted by atomic mass is 9.82. The number of hydrogen-bond donors (Lipinski definition) is 1. The van der Waals surface area contributed by atoms with Gasteiger partial charge >= 0.3 is 0 Å². The minimum Gasteiger partial charge on any atom is -0.503 e. The molecule has 0 aliphatic carbocycles. The van der Waals surface area contributed by atoms with Crippen LogP contribution >= 0.6 is 0 Å². The van der Waals surface area contributed by atoms with Crippen LogP contribution in [-0.4, -0.2) is 30.5 Å². The highest BCUT2D eigenvalue weighted by Gasteiger charge is 2.47. The van der Waals surface area contributed by atoms with E-state index < -0.39 is 23.1 Å². The largest absolute Gasteiger partial charge is 0.503 e. The van der Waals surface area contributed by atoms with Crippen molar-refractivity contribution >= 4 is 17.4 Å². The third-order valence-electron chi connectivity index (χ3n) is 5.56. The summed E-state index contributed by atoms with van der Waals surface area (Å²) < 4.78 is 11.1. The number of aliphatic hydroxyl groups is 1. The molecule has 2 aromatic rings. The fourth-order valence-electron chi connectivity index (χ4n) is 3.92. The van der Waals surface area contributed by atoms with Crippen molar-refractivity contribution in [2.75, 3.05) is 18.6 Å². The number of carbonyl (C=O) groups excluding carboxylic acids is 2. The number of carbonyl (C=O) groups is 2. The fraction of sp³-hybridized carbons (Fsp3) is 0.385. The predicted octanol–water partition coefficient (Wildman–Crippen LogP) is 5.23. The van der Waals surface area contributed by atoms with Crippen molar-refractivity contribution in [2.24, 2.45) is 5.41 Å². The molecule has 3 rings (SSSR count). The Bertz CT molecular complexity index is 1090. The number of benzene rings is 2. The summed E-state index contributed by atoms with van der Waals surface area (Å²) in [5.74, 6) is -0.324. The van der Waals surface area contributed by atoms with Gasteiger partial charge in [-0.1, -0.05) is 39.0 Å². The molecule has 0 fully saturated rings. The first-order valence-electron chi connectivity index (χ1n) is 10.7. The van der Waals surface area contributed by atoms with E-state index in [0.29, 0.717) is 29.4 Å². The van der Waals surface area contributed by atoms with Crippen molar-refractivity contribution in [3.8, 4) is 11.5 Å². The van der Waals surface area contributed by atoms with Crippen molar-refractivity contribution in [1.82, 2.24) is 0 Å². The number of anilines is 1. The summed E-state index contributed by atoms with van der Waals surface area (Å²) in [5.41, 5.74) is 2.45. The van der Waals surface area contributed by atoms with Gasteiger partial charge in [0.1, 0.15) is 0 Å². The lowest BCUT2D eigenvalue weighted by Crippen LogP contribution is -2.33. The van der Waals surface area contributed by atoms with Crippen molar-refractivity contribution in [3.63, 3.8) is 0 Å². The number of Topliss-reactive ketones (excluding diaryl/α,β-unsaturated/α-hetero) is 1. The molecule has 1 heterocycles. The van der Waals surface area contributed by atoms with Crippen LogP contribution in [0.1, 0.15) is 50.4 Å². The van der Waals surface area contributed by atoms with Crippen LogP contribution in [0.2, 0.25) is 0 Å². The number of ether oxygens (including phenoxy) is 2. The molecule has 0 radical (unpaired) electrons. The molecular formula is C26H31NO5. The van der Waals surface area contributed by atoms with Crippen molar-refractivity contribution < 1.29 is 24.2 Å². The average molecular weight is 438 g/mol. The average Bonchev–Trinajstić information content (AvgIpc) is 2.99. The number of amides is 1. The van der Waals surface area contributed by atoms with Crippen LogP contribution in [-0.2, 0) is 9.59 Å². The number of methoxy groups -OCH3 is 1. The van der Waals surface area contributed by atoms with Crippen LogP contribution in [0.15, 0.2) is 47.7 Å². The van der Waals surface area contributed by atoms with Gasteiger partial charge in [0.2, 0.25) is 0 Å². The summed E-state index contributed by atoms with van der Waals surface area (Å²) in [6, 6.07) is 10.3. The molecule has 1 N–H and O–H groups in total. The number of rotatable bonds is 6. The Morgan fingerprint density at radius 1 is 1.09 bits per heavy atom. The molecule has 32 heavy (non-hydrogen) atoms. The normalized spacial score (nSPS) is 16.5. The zero-order valence-corrected chi connectivity index (χ0v) is 19.8. The highest BCUT2D eigenvalue weighted by Crippen LogP contribution is 2.45. The summed E-state index contributed by atoms with van der Waals surface area (Å²) in [6.45, 7) is 11.5. The smallest absolute Gasteiger partial charge is 0.294 e. The van der Waals surface area contributed by atoms with E-state index in [2.05, 4.69) is 0 Å². The van der Waals surface area contributed by atoms with E-state index >= 15 is 0 Å². The molecule has 6 heteroatoms. The molecule has 2 aromatic carbocycles. The summed E-state index contributed by atoms with van der Waals surface area (Å²) in [6.07, 6.45) is 0. The van der Waals surface area contributed by atoms with Crippen molar-refractivity contribution in [1.29, 1.82) is 0 Å². The third-order valence-corrected chi connectivity index (χ3v) is 5.56. The molecule has 1 aliphatic heterocycles. The topological polar surface area (TPSA) is 76.1 Å². The van der Waals surface area contributed by atoms with Gasteiger partial charge in [-0.2, -0.15) is 0 Å². The number of aliphatic hydroxyl groups excluding tert-OH is 1. The van der Waals surface area contributed by atoms with Gasteiger partial charge in [0.25, 0.3) is 5.91 Å². The Morgan fingerprint density at radius 3 is 2.38 bits per heavy atom. The molecule has 170 valence electrons. The monoisotopic (exact) mass is 437 g/mol. The van der Waals surface area contributed by atoms with Crippen LogP contribution < -0.4 is 14.4 Å². The maximum absolute atomic E-state index is 13.4. The van der Waals surface area contributed by atoms with E-state index in [9.17, 15) is 14.7 Å². The number of nitrogens with zero attached hydrogens (tertiary/aromatic N) is 1. The minimum absolute atomic E-state index is 0.0935. The van der Waals surface area contributed by atoms with Gasteiger partial charge in [0, 0.05) is 11.1 Å². The van der Waals surface area contributed by atoms with Gasteiger partial charge in [-0.25, -0.2) is 0 Å². The second kappa shape index (κ2) is 8.69. The Kier molecular flexibility index (Phi) is 6.35. The van der Waals surface area contributed by atoms with Gasteiger partial charge < -0.3 is 14.6 Å². The molecule has 0 saturated carbocycles. The predicted molar refractivity (Wildman–Crippen MR) is 124 cm³/mol. The Balaban J connectivity index is 2.28. The summed E-state index contributed by atoms with van der Waals surface area (Å²) in [7, 11) is 1.55. The van der Waals surface area contributed by atoms with Crippen LogP contribution in [0.5, 0.6) is 11.5 Å². The van der Waals surface area contributed by atoms with Gasteiger partial charge in [0.15, 0.2) is 23.0 Å². The van der Waals surface area contributed by atoms with Crippen LogP contribution in [0, 0.1) is 19.3 Å². The number of hydrogen-bond acceptors (Lipinski definition) is 5. The Hall–Kier alpha value is -3.28. The van der Waals surface area contributed by atoms with Crippen molar-refractivity contribution in [3.05, 3.63) is 64.4 Å². The van der Waals surface area contributed by atoms with Crippen LogP contribution in [0.4, 0.5) is 5.69 Å². The van der Waals surface area contributed by atoms with E-state index in [1.165, 1.54) is 4.90 Å². The van der Waals surface area contributed by atoms with E-state index in [4.69, 9.17) is 9.47 Å². The molecule has 0 spiro atoms. The fourth-order valence-corrected chi connectivity index (χ4v) is 3.92. The molecule has 1 amide bonds. The molecule has 1 unspecified atom stereocenters. The maximum Gasteiger partial charge on any atom is 0.294 e. The lowest BCUT2D eigenvalue weighted by Gasteiger charge is -2.30. The van der Waals surface area contributed by atoms with Gasteiger partial charge in [-0.05, 0) is 55.7 Å². The molecular weight excluding hydrogens is 406 g/mol. The standard InChI is InChI=1S/C26H31NO5/c1-8-32-20-14-17(11-12-19(20)31-7)22-21(24(29)26(4,5)6)23(28)25(30)27(22)18-13-15(2)9-10-16(18)3/h9-14,22,28H,8H2,1-7H3. The van der Waals surface area contributed by atoms with E-state index in [1.54, 1.807) is 46.1 Å². The second-order valence-electron chi connectivity index (χ2n) is 9.05. The second-order valence-corrected chi connectivity index (χ2v) is 9.05. The van der Waals surface area contributed by atoms with Gasteiger partial charge in [0.05, 0.1) is 25.3 Å². The molecule has 1 atom stereocenters.